The largest absolute Gasteiger partial charge is 0.384 e. The highest BCUT2D eigenvalue weighted by Gasteiger charge is 2.06. The number of rotatable bonds is 4. The molecule has 0 spiro atoms. The minimum atomic E-state index is 0.306. The van der Waals surface area contributed by atoms with Gasteiger partial charge in [0.15, 0.2) is 5.65 Å². The van der Waals surface area contributed by atoms with Crippen molar-refractivity contribution in [3.63, 3.8) is 0 Å². The molecule has 5 heteroatoms. The Balaban J connectivity index is 2.14. The second kappa shape index (κ2) is 4.72. The van der Waals surface area contributed by atoms with Gasteiger partial charge in [-0.2, -0.15) is 5.10 Å². The first-order chi connectivity index (χ1) is 7.29. The number of aromatic nitrogens is 3. The third-order valence-electron chi connectivity index (χ3n) is 2.09. The molecule has 0 amide bonds. The van der Waals surface area contributed by atoms with Crippen molar-refractivity contribution in [1.82, 2.24) is 14.6 Å². The van der Waals surface area contributed by atoms with Crippen molar-refractivity contribution >= 4 is 21.6 Å². The lowest BCUT2D eigenvalue weighted by atomic mass is 10.2. The molecule has 0 aromatic carbocycles. The summed E-state index contributed by atoms with van der Waals surface area (Å²) in [6, 6.07) is 3.87. The summed E-state index contributed by atoms with van der Waals surface area (Å²) < 4.78 is 6.81. The van der Waals surface area contributed by atoms with Gasteiger partial charge in [-0.25, -0.2) is 9.50 Å². The molecule has 1 unspecified atom stereocenters. The molecule has 4 nitrogen and oxygen atoms in total. The molecule has 0 saturated carbocycles. The van der Waals surface area contributed by atoms with Crippen molar-refractivity contribution in [2.45, 2.75) is 11.2 Å². The van der Waals surface area contributed by atoms with Crippen LogP contribution in [0.4, 0.5) is 0 Å². The van der Waals surface area contributed by atoms with Crippen LogP contribution in [0, 0.1) is 0 Å². The van der Waals surface area contributed by atoms with Crippen LogP contribution in [0.25, 0.3) is 5.65 Å². The molecular weight excluding hydrogens is 258 g/mol. The van der Waals surface area contributed by atoms with Crippen LogP contribution in [0.3, 0.4) is 0 Å². The summed E-state index contributed by atoms with van der Waals surface area (Å²) in [7, 11) is 1.70. The number of fused-ring (bicyclic) bond motifs is 1. The number of ether oxygens (including phenoxy) is 1. The van der Waals surface area contributed by atoms with Gasteiger partial charge in [-0.3, -0.25) is 0 Å². The number of halogens is 1. The van der Waals surface area contributed by atoms with Gasteiger partial charge in [-0.1, -0.05) is 15.9 Å². The fourth-order valence-corrected chi connectivity index (χ4v) is 2.03. The summed E-state index contributed by atoms with van der Waals surface area (Å²) in [6.07, 6.45) is 4.52. The number of alkyl halides is 1. The summed E-state index contributed by atoms with van der Waals surface area (Å²) in [5.74, 6) is 0. The van der Waals surface area contributed by atoms with Gasteiger partial charge >= 0.3 is 0 Å². The standard InChI is InChI=1S/C10H12BrN3O/c1-15-7-8(11)6-9-3-5-14-10(13-9)2-4-12-14/h2-5,8H,6-7H2,1H3. The zero-order valence-corrected chi connectivity index (χ0v) is 10.0. The summed E-state index contributed by atoms with van der Waals surface area (Å²) >= 11 is 3.54. The zero-order chi connectivity index (χ0) is 10.7. The number of nitrogens with zero attached hydrogens (tertiary/aromatic N) is 3. The summed E-state index contributed by atoms with van der Waals surface area (Å²) in [6.45, 7) is 0.687. The Kier molecular flexibility index (Phi) is 3.33. The zero-order valence-electron chi connectivity index (χ0n) is 8.43. The van der Waals surface area contributed by atoms with E-state index in [0.717, 1.165) is 17.8 Å². The molecule has 2 heterocycles. The number of hydrogen-bond donors (Lipinski definition) is 0. The molecule has 0 fully saturated rings. The number of methoxy groups -OCH3 is 1. The van der Waals surface area contributed by atoms with Crippen LogP contribution in [-0.2, 0) is 11.2 Å². The van der Waals surface area contributed by atoms with E-state index < -0.39 is 0 Å². The predicted octanol–water partition coefficient (Wildman–Crippen LogP) is 1.68. The van der Waals surface area contributed by atoms with E-state index in [1.165, 1.54) is 0 Å². The highest BCUT2D eigenvalue weighted by molar-refractivity contribution is 9.09. The van der Waals surface area contributed by atoms with Crippen molar-refractivity contribution in [2.24, 2.45) is 0 Å². The molecule has 0 aliphatic heterocycles. The van der Waals surface area contributed by atoms with E-state index in [1.807, 2.05) is 18.3 Å². The lowest BCUT2D eigenvalue weighted by Gasteiger charge is -2.07. The molecule has 0 bridgehead atoms. The molecule has 80 valence electrons. The third kappa shape index (κ3) is 2.54. The average molecular weight is 270 g/mol. The Bertz CT molecular complexity index is 443. The molecule has 0 radical (unpaired) electrons. The van der Waals surface area contributed by atoms with Crippen LogP contribution in [0.15, 0.2) is 24.5 Å². The van der Waals surface area contributed by atoms with Crippen LogP contribution in [0.1, 0.15) is 5.69 Å². The molecule has 2 aromatic rings. The van der Waals surface area contributed by atoms with E-state index in [1.54, 1.807) is 17.8 Å². The normalized spacial score (nSPS) is 13.2. The van der Waals surface area contributed by atoms with Crippen LogP contribution < -0.4 is 0 Å². The van der Waals surface area contributed by atoms with Crippen molar-refractivity contribution in [3.8, 4) is 0 Å². The van der Waals surface area contributed by atoms with Crippen LogP contribution in [0.2, 0.25) is 0 Å². The average Bonchev–Trinajstić information content (AvgIpc) is 2.65. The van der Waals surface area contributed by atoms with Gasteiger partial charge < -0.3 is 4.74 Å². The first-order valence-electron chi connectivity index (χ1n) is 4.72. The molecule has 1 atom stereocenters. The van der Waals surface area contributed by atoms with Crippen molar-refractivity contribution in [1.29, 1.82) is 0 Å². The van der Waals surface area contributed by atoms with Gasteiger partial charge in [0.25, 0.3) is 0 Å². The van der Waals surface area contributed by atoms with E-state index in [0.29, 0.717) is 11.4 Å². The Morgan fingerprint density at radius 2 is 2.40 bits per heavy atom. The smallest absolute Gasteiger partial charge is 0.155 e. The second-order valence-electron chi connectivity index (χ2n) is 3.31. The van der Waals surface area contributed by atoms with Crippen molar-refractivity contribution < 1.29 is 4.74 Å². The van der Waals surface area contributed by atoms with E-state index in [2.05, 4.69) is 26.0 Å². The minimum Gasteiger partial charge on any atom is -0.384 e. The molecule has 0 aliphatic rings. The van der Waals surface area contributed by atoms with E-state index in [-0.39, 0.29) is 0 Å². The van der Waals surface area contributed by atoms with Gasteiger partial charge in [-0.15, -0.1) is 0 Å². The van der Waals surface area contributed by atoms with E-state index in [4.69, 9.17) is 4.74 Å². The lowest BCUT2D eigenvalue weighted by molar-refractivity contribution is 0.200. The summed E-state index contributed by atoms with van der Waals surface area (Å²) in [4.78, 5) is 4.78. The van der Waals surface area contributed by atoms with Gasteiger partial charge in [0.1, 0.15) is 0 Å². The SMILES string of the molecule is COCC(Br)Cc1ccn2nccc2n1. The van der Waals surface area contributed by atoms with Crippen LogP contribution in [-0.4, -0.2) is 33.1 Å². The van der Waals surface area contributed by atoms with E-state index >= 15 is 0 Å². The highest BCUT2D eigenvalue weighted by atomic mass is 79.9. The summed E-state index contributed by atoms with van der Waals surface area (Å²) in [5.41, 5.74) is 1.92. The minimum absolute atomic E-state index is 0.306. The quantitative estimate of drug-likeness (QED) is 0.793. The van der Waals surface area contributed by atoms with Gasteiger partial charge in [0, 0.05) is 36.3 Å². The maximum Gasteiger partial charge on any atom is 0.155 e. The topological polar surface area (TPSA) is 39.4 Å². The monoisotopic (exact) mass is 269 g/mol. The second-order valence-corrected chi connectivity index (χ2v) is 4.60. The first kappa shape index (κ1) is 10.6. The maximum atomic E-state index is 5.06. The fraction of sp³-hybridized carbons (Fsp3) is 0.400. The Morgan fingerprint density at radius 1 is 1.53 bits per heavy atom. The Labute approximate surface area is 96.4 Å². The van der Waals surface area contributed by atoms with Gasteiger partial charge in [0.2, 0.25) is 0 Å². The molecular formula is C10H12BrN3O. The highest BCUT2D eigenvalue weighted by Crippen LogP contribution is 2.09. The van der Waals surface area contributed by atoms with Crippen molar-refractivity contribution in [3.05, 3.63) is 30.2 Å². The number of hydrogen-bond acceptors (Lipinski definition) is 3. The molecule has 0 saturated heterocycles. The predicted molar refractivity (Wildman–Crippen MR) is 61.3 cm³/mol. The third-order valence-corrected chi connectivity index (χ3v) is 2.68. The molecule has 0 N–H and O–H groups in total. The molecule has 2 rings (SSSR count). The molecule has 2 aromatic heterocycles. The van der Waals surface area contributed by atoms with Crippen LogP contribution >= 0.6 is 15.9 Å². The first-order valence-corrected chi connectivity index (χ1v) is 5.63. The molecule has 0 aliphatic carbocycles. The summed E-state index contributed by atoms with van der Waals surface area (Å²) in [5, 5.41) is 4.09. The maximum absolute atomic E-state index is 5.06. The molecule has 15 heavy (non-hydrogen) atoms. The van der Waals surface area contributed by atoms with E-state index in [9.17, 15) is 0 Å². The Morgan fingerprint density at radius 3 is 3.20 bits per heavy atom. The van der Waals surface area contributed by atoms with Crippen molar-refractivity contribution in [2.75, 3.05) is 13.7 Å². The lowest BCUT2D eigenvalue weighted by Crippen LogP contribution is -2.11. The van der Waals surface area contributed by atoms with Crippen LogP contribution in [0.5, 0.6) is 0 Å². The van der Waals surface area contributed by atoms with Gasteiger partial charge in [-0.05, 0) is 6.07 Å². The Hall–Kier alpha value is -0.940. The van der Waals surface area contributed by atoms with Gasteiger partial charge in [0.05, 0.1) is 12.8 Å². The fourth-order valence-electron chi connectivity index (χ4n) is 1.43.